The number of hydrogen-bond donors (Lipinski definition) is 0. The standard InChI is InChI=1S/C22H21N3O2/c1-14-9-5-7-11-16(14)20-19-18(23(3)22(27)24(4)21(19)26)13-25(20)17-12-8-6-10-15(17)2/h5-13H,1-4H3. The molecule has 0 aliphatic carbocycles. The highest BCUT2D eigenvalue weighted by molar-refractivity contribution is 5.95. The van der Waals surface area contributed by atoms with E-state index in [0.29, 0.717) is 10.9 Å². The minimum Gasteiger partial charge on any atom is -0.313 e. The van der Waals surface area contributed by atoms with Crippen LogP contribution < -0.4 is 11.2 Å². The molecule has 4 aromatic rings. The van der Waals surface area contributed by atoms with E-state index in [1.807, 2.05) is 73.1 Å². The average molecular weight is 359 g/mol. The molecule has 0 atom stereocenters. The van der Waals surface area contributed by atoms with Gasteiger partial charge < -0.3 is 4.57 Å². The summed E-state index contributed by atoms with van der Waals surface area (Å²) in [6, 6.07) is 16.0. The molecule has 0 saturated heterocycles. The number of para-hydroxylation sites is 1. The molecular weight excluding hydrogens is 338 g/mol. The molecule has 0 radical (unpaired) electrons. The van der Waals surface area contributed by atoms with Crippen LogP contribution in [0, 0.1) is 13.8 Å². The van der Waals surface area contributed by atoms with E-state index in [2.05, 4.69) is 0 Å². The van der Waals surface area contributed by atoms with Crippen molar-refractivity contribution in [2.24, 2.45) is 14.1 Å². The second-order valence-electron chi connectivity index (χ2n) is 6.92. The van der Waals surface area contributed by atoms with Crippen molar-refractivity contribution in [2.45, 2.75) is 13.8 Å². The van der Waals surface area contributed by atoms with Gasteiger partial charge in [-0.15, -0.1) is 0 Å². The number of rotatable bonds is 2. The molecule has 0 unspecified atom stereocenters. The van der Waals surface area contributed by atoms with E-state index in [9.17, 15) is 9.59 Å². The highest BCUT2D eigenvalue weighted by Gasteiger charge is 2.21. The molecule has 2 aromatic carbocycles. The Morgan fingerprint density at radius 2 is 1.41 bits per heavy atom. The fraction of sp³-hybridized carbons (Fsp3) is 0.182. The first-order valence-corrected chi connectivity index (χ1v) is 8.85. The molecule has 0 fully saturated rings. The monoisotopic (exact) mass is 359 g/mol. The summed E-state index contributed by atoms with van der Waals surface area (Å²) in [5.41, 5.74) is 4.97. The fourth-order valence-corrected chi connectivity index (χ4v) is 3.67. The van der Waals surface area contributed by atoms with E-state index < -0.39 is 0 Å². The maximum atomic E-state index is 13.1. The van der Waals surface area contributed by atoms with Crippen molar-refractivity contribution in [1.82, 2.24) is 13.7 Å². The zero-order chi connectivity index (χ0) is 19.3. The third-order valence-electron chi connectivity index (χ3n) is 5.21. The van der Waals surface area contributed by atoms with Crippen molar-refractivity contribution in [3.8, 4) is 16.9 Å². The molecule has 0 bridgehead atoms. The van der Waals surface area contributed by atoms with Crippen LogP contribution >= 0.6 is 0 Å². The first-order valence-electron chi connectivity index (χ1n) is 8.85. The molecule has 0 saturated carbocycles. The van der Waals surface area contributed by atoms with Crippen molar-refractivity contribution in [3.05, 3.63) is 86.7 Å². The Kier molecular flexibility index (Phi) is 3.88. The van der Waals surface area contributed by atoms with Gasteiger partial charge in [-0.25, -0.2) is 4.79 Å². The van der Waals surface area contributed by atoms with Crippen molar-refractivity contribution >= 4 is 10.9 Å². The largest absolute Gasteiger partial charge is 0.330 e. The van der Waals surface area contributed by atoms with E-state index in [1.54, 1.807) is 7.05 Å². The van der Waals surface area contributed by atoms with Crippen molar-refractivity contribution < 1.29 is 0 Å². The summed E-state index contributed by atoms with van der Waals surface area (Å²) in [5.74, 6) is 0. The van der Waals surface area contributed by atoms with Crippen LogP contribution in [0.2, 0.25) is 0 Å². The highest BCUT2D eigenvalue weighted by Crippen LogP contribution is 2.33. The first kappa shape index (κ1) is 17.1. The summed E-state index contributed by atoms with van der Waals surface area (Å²) in [6.45, 7) is 4.07. The smallest absolute Gasteiger partial charge is 0.313 e. The summed E-state index contributed by atoms with van der Waals surface area (Å²) in [6.07, 6.45) is 1.89. The number of fused-ring (bicyclic) bond motifs is 1. The number of benzene rings is 2. The van der Waals surface area contributed by atoms with Crippen LogP contribution in [0.1, 0.15) is 11.1 Å². The van der Waals surface area contributed by atoms with Gasteiger partial charge in [0.25, 0.3) is 5.56 Å². The Morgan fingerprint density at radius 1 is 0.778 bits per heavy atom. The van der Waals surface area contributed by atoms with Gasteiger partial charge >= 0.3 is 5.69 Å². The van der Waals surface area contributed by atoms with Crippen LogP contribution in [0.3, 0.4) is 0 Å². The number of hydrogen-bond acceptors (Lipinski definition) is 2. The summed E-state index contributed by atoms with van der Waals surface area (Å²) < 4.78 is 4.74. The van der Waals surface area contributed by atoms with E-state index in [4.69, 9.17) is 0 Å². The second-order valence-corrected chi connectivity index (χ2v) is 6.92. The van der Waals surface area contributed by atoms with Crippen molar-refractivity contribution in [3.63, 3.8) is 0 Å². The molecule has 5 heteroatoms. The SMILES string of the molecule is Cc1ccccc1-c1c2c(=O)n(C)c(=O)n(C)c2cn1-c1ccccc1C. The van der Waals surface area contributed by atoms with Crippen molar-refractivity contribution in [1.29, 1.82) is 0 Å². The predicted molar refractivity (Wildman–Crippen MR) is 109 cm³/mol. The number of aryl methyl sites for hydroxylation is 3. The van der Waals surface area contributed by atoms with E-state index in [-0.39, 0.29) is 11.2 Å². The highest BCUT2D eigenvalue weighted by atomic mass is 16.2. The Morgan fingerprint density at radius 3 is 2.07 bits per heavy atom. The molecule has 2 heterocycles. The number of nitrogens with zero attached hydrogens (tertiary/aromatic N) is 3. The lowest BCUT2D eigenvalue weighted by molar-refractivity contribution is 0.714. The number of aromatic nitrogens is 3. The van der Waals surface area contributed by atoms with Crippen LogP contribution in [0.5, 0.6) is 0 Å². The topological polar surface area (TPSA) is 48.9 Å². The quantitative estimate of drug-likeness (QED) is 0.551. The second kappa shape index (κ2) is 6.13. The van der Waals surface area contributed by atoms with Gasteiger partial charge in [-0.3, -0.25) is 13.9 Å². The molecule has 0 aliphatic rings. The Balaban J connectivity index is 2.28. The molecular formula is C22H21N3O2. The maximum absolute atomic E-state index is 13.1. The Bertz CT molecular complexity index is 1310. The Labute approximate surface area is 156 Å². The van der Waals surface area contributed by atoms with Crippen LogP contribution in [-0.4, -0.2) is 13.7 Å². The van der Waals surface area contributed by atoms with Gasteiger partial charge in [-0.05, 0) is 31.0 Å². The van der Waals surface area contributed by atoms with Crippen LogP contribution in [0.25, 0.3) is 27.8 Å². The van der Waals surface area contributed by atoms with Gasteiger partial charge in [0.15, 0.2) is 0 Å². The predicted octanol–water partition coefficient (Wildman–Crippen LogP) is 3.31. The van der Waals surface area contributed by atoms with Gasteiger partial charge in [0.05, 0.1) is 16.6 Å². The fourth-order valence-electron chi connectivity index (χ4n) is 3.67. The van der Waals surface area contributed by atoms with Gasteiger partial charge in [0.2, 0.25) is 0 Å². The molecule has 2 aromatic heterocycles. The molecule has 27 heavy (non-hydrogen) atoms. The van der Waals surface area contributed by atoms with E-state index >= 15 is 0 Å². The third kappa shape index (κ3) is 2.46. The third-order valence-corrected chi connectivity index (χ3v) is 5.21. The molecule has 5 nitrogen and oxygen atoms in total. The Hall–Kier alpha value is -3.34. The van der Waals surface area contributed by atoms with Gasteiger partial charge in [-0.1, -0.05) is 42.5 Å². The van der Waals surface area contributed by atoms with E-state index in [1.165, 1.54) is 16.2 Å². The molecule has 0 spiro atoms. The molecule has 0 N–H and O–H groups in total. The molecule has 0 aliphatic heterocycles. The summed E-state index contributed by atoms with van der Waals surface area (Å²) in [5, 5.41) is 0.553. The summed E-state index contributed by atoms with van der Waals surface area (Å²) in [4.78, 5) is 25.5. The molecule has 0 amide bonds. The lowest BCUT2D eigenvalue weighted by Gasteiger charge is -2.14. The van der Waals surface area contributed by atoms with Crippen LogP contribution in [0.4, 0.5) is 0 Å². The normalized spacial score (nSPS) is 11.3. The van der Waals surface area contributed by atoms with Gasteiger partial charge in [-0.2, -0.15) is 0 Å². The lowest BCUT2D eigenvalue weighted by Crippen LogP contribution is -2.36. The van der Waals surface area contributed by atoms with Gasteiger partial charge in [0.1, 0.15) is 0 Å². The average Bonchev–Trinajstić information content (AvgIpc) is 3.05. The van der Waals surface area contributed by atoms with Crippen LogP contribution in [-0.2, 0) is 14.1 Å². The van der Waals surface area contributed by atoms with Gasteiger partial charge in [0, 0.05) is 31.5 Å². The van der Waals surface area contributed by atoms with Crippen LogP contribution in [0.15, 0.2) is 64.3 Å². The van der Waals surface area contributed by atoms with Crippen molar-refractivity contribution in [2.75, 3.05) is 0 Å². The maximum Gasteiger partial charge on any atom is 0.330 e. The molecule has 4 rings (SSSR count). The lowest BCUT2D eigenvalue weighted by atomic mass is 10.0. The summed E-state index contributed by atoms with van der Waals surface area (Å²) >= 11 is 0. The zero-order valence-electron chi connectivity index (χ0n) is 15.9. The minimum absolute atomic E-state index is 0.279. The first-order chi connectivity index (χ1) is 12.9. The summed E-state index contributed by atoms with van der Waals surface area (Å²) in [7, 11) is 3.23. The molecule has 136 valence electrons. The van der Waals surface area contributed by atoms with E-state index in [0.717, 1.165) is 28.1 Å². The zero-order valence-corrected chi connectivity index (χ0v) is 15.9. The minimum atomic E-state index is -0.328.